The molecule has 2 aromatic rings. The summed E-state index contributed by atoms with van der Waals surface area (Å²) in [6.07, 6.45) is 1.06. The lowest BCUT2D eigenvalue weighted by molar-refractivity contribution is 0.0531. The van der Waals surface area contributed by atoms with E-state index in [2.05, 4.69) is 39.7 Å². The topological polar surface area (TPSA) is 75.6 Å². The molecule has 0 saturated heterocycles. The van der Waals surface area contributed by atoms with Crippen LogP contribution in [0.1, 0.15) is 56.9 Å². The van der Waals surface area contributed by atoms with Gasteiger partial charge in [0.1, 0.15) is 9.88 Å². The standard InChI is InChI=1S/C18H26N4O2S2/c1-6-13-8-9-14(25-13)10-20-18(19-5)22-12(4)16-21-11(3)15(26-16)17(23)24-7-2/h8-9,12H,6-7,10H2,1-5H3,(H2,19,20,22). The Balaban J connectivity index is 1.97. The molecular formula is C18H26N4O2S2. The fourth-order valence-corrected chi connectivity index (χ4v) is 4.19. The molecule has 0 fully saturated rings. The molecular weight excluding hydrogens is 368 g/mol. The highest BCUT2D eigenvalue weighted by atomic mass is 32.1. The molecule has 2 rings (SSSR count). The maximum absolute atomic E-state index is 12.0. The fraction of sp³-hybridized carbons (Fsp3) is 0.500. The van der Waals surface area contributed by atoms with Crippen LogP contribution in [0.4, 0.5) is 0 Å². The number of nitrogens with zero attached hydrogens (tertiary/aromatic N) is 2. The van der Waals surface area contributed by atoms with E-state index in [1.807, 2.05) is 13.8 Å². The van der Waals surface area contributed by atoms with Crippen LogP contribution < -0.4 is 10.6 Å². The van der Waals surface area contributed by atoms with Crippen molar-refractivity contribution in [1.82, 2.24) is 15.6 Å². The Hall–Kier alpha value is -1.93. The summed E-state index contributed by atoms with van der Waals surface area (Å²) >= 11 is 3.17. The second-order valence-electron chi connectivity index (χ2n) is 5.70. The smallest absolute Gasteiger partial charge is 0.350 e. The molecule has 0 bridgehead atoms. The number of carbonyl (C=O) groups excluding carboxylic acids is 1. The first-order valence-corrected chi connectivity index (χ1v) is 10.3. The van der Waals surface area contributed by atoms with Gasteiger partial charge >= 0.3 is 5.97 Å². The van der Waals surface area contributed by atoms with E-state index in [-0.39, 0.29) is 12.0 Å². The third kappa shape index (κ3) is 5.28. The summed E-state index contributed by atoms with van der Waals surface area (Å²) in [5.74, 6) is 0.391. The first-order chi connectivity index (χ1) is 12.5. The molecule has 8 heteroatoms. The molecule has 0 aromatic carbocycles. The van der Waals surface area contributed by atoms with Gasteiger partial charge in [0.15, 0.2) is 5.96 Å². The van der Waals surface area contributed by atoms with Crippen molar-refractivity contribution in [3.63, 3.8) is 0 Å². The summed E-state index contributed by atoms with van der Waals surface area (Å²) in [6.45, 7) is 8.87. The maximum Gasteiger partial charge on any atom is 0.350 e. The van der Waals surface area contributed by atoms with Gasteiger partial charge < -0.3 is 15.4 Å². The van der Waals surface area contributed by atoms with Crippen molar-refractivity contribution >= 4 is 34.6 Å². The molecule has 0 saturated carbocycles. The Morgan fingerprint density at radius 3 is 2.65 bits per heavy atom. The zero-order valence-electron chi connectivity index (χ0n) is 15.9. The van der Waals surface area contributed by atoms with Crippen LogP contribution in [0.2, 0.25) is 0 Å². The lowest BCUT2D eigenvalue weighted by Gasteiger charge is -2.15. The highest BCUT2D eigenvalue weighted by molar-refractivity contribution is 7.13. The number of thiazole rings is 1. The number of guanidine groups is 1. The predicted molar refractivity (Wildman–Crippen MR) is 108 cm³/mol. The van der Waals surface area contributed by atoms with Gasteiger partial charge in [-0.1, -0.05) is 6.92 Å². The van der Waals surface area contributed by atoms with Gasteiger partial charge in [-0.25, -0.2) is 9.78 Å². The van der Waals surface area contributed by atoms with Crippen molar-refractivity contribution in [3.8, 4) is 0 Å². The monoisotopic (exact) mass is 394 g/mol. The first-order valence-electron chi connectivity index (χ1n) is 8.67. The third-order valence-electron chi connectivity index (χ3n) is 3.72. The Morgan fingerprint density at radius 2 is 2.04 bits per heavy atom. The summed E-state index contributed by atoms with van der Waals surface area (Å²) in [5, 5.41) is 7.48. The molecule has 6 nitrogen and oxygen atoms in total. The number of nitrogens with one attached hydrogen (secondary N) is 2. The number of aliphatic imine (C=N–C) groups is 1. The number of aromatic nitrogens is 1. The maximum atomic E-state index is 12.0. The van der Waals surface area contributed by atoms with Gasteiger partial charge in [-0.3, -0.25) is 4.99 Å². The van der Waals surface area contributed by atoms with Gasteiger partial charge in [-0.15, -0.1) is 22.7 Å². The molecule has 0 spiro atoms. The molecule has 0 aliphatic heterocycles. The van der Waals surface area contributed by atoms with Crippen LogP contribution >= 0.6 is 22.7 Å². The van der Waals surface area contributed by atoms with Gasteiger partial charge in [0, 0.05) is 16.8 Å². The predicted octanol–water partition coefficient (Wildman–Crippen LogP) is 3.68. The average molecular weight is 395 g/mol. The number of rotatable bonds is 7. The number of hydrogen-bond acceptors (Lipinski definition) is 6. The van der Waals surface area contributed by atoms with E-state index in [1.165, 1.54) is 21.1 Å². The van der Waals surface area contributed by atoms with E-state index >= 15 is 0 Å². The minimum Gasteiger partial charge on any atom is -0.462 e. The molecule has 1 unspecified atom stereocenters. The Bertz CT molecular complexity index is 767. The number of ether oxygens (including phenoxy) is 1. The summed E-state index contributed by atoms with van der Waals surface area (Å²) in [5.41, 5.74) is 0.700. The Morgan fingerprint density at radius 1 is 1.31 bits per heavy atom. The van der Waals surface area contributed by atoms with Crippen molar-refractivity contribution < 1.29 is 9.53 Å². The van der Waals surface area contributed by atoms with E-state index in [0.717, 1.165) is 18.0 Å². The van der Waals surface area contributed by atoms with Gasteiger partial charge in [0.2, 0.25) is 0 Å². The SMILES string of the molecule is CCOC(=O)c1sc(C(C)NC(=NC)NCc2ccc(CC)s2)nc1C. The molecule has 142 valence electrons. The Labute approximate surface area is 162 Å². The van der Waals surface area contributed by atoms with Crippen molar-refractivity contribution in [2.24, 2.45) is 4.99 Å². The molecule has 2 N–H and O–H groups in total. The van der Waals surface area contributed by atoms with Crippen LogP contribution in [0, 0.1) is 6.92 Å². The second kappa shape index (κ2) is 9.68. The van der Waals surface area contributed by atoms with Crippen LogP contribution in [0.15, 0.2) is 17.1 Å². The molecule has 0 amide bonds. The van der Waals surface area contributed by atoms with Crippen LogP contribution in [0.3, 0.4) is 0 Å². The van der Waals surface area contributed by atoms with E-state index in [0.29, 0.717) is 23.1 Å². The molecule has 26 heavy (non-hydrogen) atoms. The van der Waals surface area contributed by atoms with E-state index in [9.17, 15) is 4.79 Å². The van der Waals surface area contributed by atoms with Gasteiger partial charge in [-0.05, 0) is 39.3 Å². The van der Waals surface area contributed by atoms with E-state index in [1.54, 1.807) is 25.3 Å². The number of thiophene rings is 1. The highest BCUT2D eigenvalue weighted by Crippen LogP contribution is 2.24. The number of esters is 1. The summed E-state index contributed by atoms with van der Waals surface area (Å²) in [6, 6.07) is 4.24. The molecule has 0 radical (unpaired) electrons. The lowest BCUT2D eigenvalue weighted by atomic mass is 10.3. The summed E-state index contributed by atoms with van der Waals surface area (Å²) in [7, 11) is 1.74. The van der Waals surface area contributed by atoms with Gasteiger partial charge in [0.05, 0.1) is 24.9 Å². The van der Waals surface area contributed by atoms with Crippen molar-refractivity contribution in [2.45, 2.75) is 46.7 Å². The zero-order valence-corrected chi connectivity index (χ0v) is 17.5. The first kappa shape index (κ1) is 20.4. The fourth-order valence-electron chi connectivity index (χ4n) is 2.33. The lowest BCUT2D eigenvalue weighted by Crippen LogP contribution is -2.38. The van der Waals surface area contributed by atoms with Gasteiger partial charge in [0.25, 0.3) is 0 Å². The van der Waals surface area contributed by atoms with Crippen molar-refractivity contribution in [2.75, 3.05) is 13.7 Å². The highest BCUT2D eigenvalue weighted by Gasteiger charge is 2.20. The van der Waals surface area contributed by atoms with Crippen LogP contribution in [0.5, 0.6) is 0 Å². The molecule has 2 aromatic heterocycles. The summed E-state index contributed by atoms with van der Waals surface area (Å²) in [4.78, 5) is 23.9. The van der Waals surface area contributed by atoms with Crippen LogP contribution in [-0.4, -0.2) is 30.6 Å². The van der Waals surface area contributed by atoms with E-state index in [4.69, 9.17) is 4.74 Å². The number of hydrogen-bond donors (Lipinski definition) is 2. The largest absolute Gasteiger partial charge is 0.462 e. The van der Waals surface area contributed by atoms with Crippen LogP contribution in [0.25, 0.3) is 0 Å². The second-order valence-corrected chi connectivity index (χ2v) is 7.98. The Kier molecular flexibility index (Phi) is 7.59. The molecule has 0 aliphatic rings. The average Bonchev–Trinajstić information content (AvgIpc) is 3.25. The van der Waals surface area contributed by atoms with E-state index < -0.39 is 0 Å². The van der Waals surface area contributed by atoms with Gasteiger partial charge in [-0.2, -0.15) is 0 Å². The number of aryl methyl sites for hydroxylation is 2. The number of carbonyl (C=O) groups is 1. The summed E-state index contributed by atoms with van der Waals surface area (Å²) < 4.78 is 5.08. The van der Waals surface area contributed by atoms with Crippen molar-refractivity contribution in [1.29, 1.82) is 0 Å². The normalized spacial score (nSPS) is 12.7. The quantitative estimate of drug-likeness (QED) is 0.426. The molecule has 0 aliphatic carbocycles. The minimum atomic E-state index is -0.312. The molecule has 1 atom stereocenters. The minimum absolute atomic E-state index is 0.0670. The molecule has 2 heterocycles. The zero-order chi connectivity index (χ0) is 19.1. The third-order valence-corrected chi connectivity index (χ3v) is 6.27. The van der Waals surface area contributed by atoms with Crippen LogP contribution in [-0.2, 0) is 17.7 Å². The van der Waals surface area contributed by atoms with Crippen molar-refractivity contribution in [3.05, 3.63) is 37.5 Å².